The summed E-state index contributed by atoms with van der Waals surface area (Å²) in [6.45, 7) is 10.1. The van der Waals surface area contributed by atoms with E-state index in [0.29, 0.717) is 44.0 Å². The van der Waals surface area contributed by atoms with Gasteiger partial charge in [0.05, 0.1) is 34.4 Å². The molecule has 41 heavy (non-hydrogen) atoms. The fourth-order valence-corrected chi connectivity index (χ4v) is 5.11. The highest BCUT2D eigenvalue weighted by Gasteiger charge is 2.20. The number of carboxylic acid groups (broad SMARTS) is 1. The normalized spacial score (nSPS) is 12.2. The monoisotopic (exact) mass is 669 g/mol. The van der Waals surface area contributed by atoms with Crippen LogP contribution in [0.1, 0.15) is 50.3 Å². The van der Waals surface area contributed by atoms with Crippen LogP contribution in [-0.2, 0) is 4.79 Å². The average Bonchev–Trinajstić information content (AvgIpc) is 2.93. The van der Waals surface area contributed by atoms with Gasteiger partial charge in [0, 0.05) is 5.56 Å². The molecule has 4 rings (SSSR count). The Labute approximate surface area is 251 Å². The standard InChI is InChI=1S/C31H32IN3O6/c1-7-40-26-12-18(4)23(15-22(26)17(2)3)29-34-25-11-9-8-10-21(25)30(36)35(29)33-16-20-13-24(32)28(27(14-20)39-6)41-19(5)31(37)38/h8-17,19H,7H2,1-6H3,(H,37,38)/t19-/m1/s1. The van der Waals surface area contributed by atoms with Gasteiger partial charge in [-0.3, -0.25) is 4.79 Å². The van der Waals surface area contributed by atoms with Crippen LogP contribution in [-0.4, -0.2) is 46.8 Å². The molecule has 0 fully saturated rings. The van der Waals surface area contributed by atoms with E-state index in [-0.39, 0.29) is 11.5 Å². The highest BCUT2D eigenvalue weighted by Crippen LogP contribution is 2.36. The summed E-state index contributed by atoms with van der Waals surface area (Å²) in [7, 11) is 1.47. The number of aliphatic carboxylic acids is 1. The van der Waals surface area contributed by atoms with E-state index < -0.39 is 12.1 Å². The molecule has 1 N–H and O–H groups in total. The van der Waals surface area contributed by atoms with Crippen LogP contribution in [0, 0.1) is 10.5 Å². The Hall–Kier alpha value is -3.93. The molecule has 0 radical (unpaired) electrons. The predicted molar refractivity (Wildman–Crippen MR) is 168 cm³/mol. The summed E-state index contributed by atoms with van der Waals surface area (Å²) in [5.74, 6) is 0.970. The first-order valence-corrected chi connectivity index (χ1v) is 14.2. The van der Waals surface area contributed by atoms with Gasteiger partial charge < -0.3 is 19.3 Å². The van der Waals surface area contributed by atoms with Crippen molar-refractivity contribution in [2.45, 2.75) is 46.6 Å². The summed E-state index contributed by atoms with van der Waals surface area (Å²) in [5, 5.41) is 14.3. The number of benzene rings is 3. The Morgan fingerprint density at radius 3 is 2.54 bits per heavy atom. The topological polar surface area (TPSA) is 112 Å². The Morgan fingerprint density at radius 2 is 1.88 bits per heavy atom. The van der Waals surface area contributed by atoms with E-state index in [4.69, 9.17) is 19.2 Å². The zero-order valence-electron chi connectivity index (χ0n) is 23.8. The van der Waals surface area contributed by atoms with Crippen molar-refractivity contribution in [3.05, 3.63) is 79.1 Å². The van der Waals surface area contributed by atoms with Crippen LogP contribution in [0.5, 0.6) is 17.2 Å². The average molecular weight is 670 g/mol. The largest absolute Gasteiger partial charge is 0.494 e. The zero-order valence-corrected chi connectivity index (χ0v) is 25.9. The molecule has 0 bridgehead atoms. The predicted octanol–water partition coefficient (Wildman–Crippen LogP) is 6.24. The van der Waals surface area contributed by atoms with Gasteiger partial charge in [-0.1, -0.05) is 26.0 Å². The summed E-state index contributed by atoms with van der Waals surface area (Å²) in [4.78, 5) is 29.9. The van der Waals surface area contributed by atoms with E-state index >= 15 is 0 Å². The molecule has 1 heterocycles. The first kappa shape index (κ1) is 30.0. The van der Waals surface area contributed by atoms with Crippen LogP contribution in [0.3, 0.4) is 0 Å². The fourth-order valence-electron chi connectivity index (χ4n) is 4.36. The van der Waals surface area contributed by atoms with Crippen molar-refractivity contribution < 1.29 is 24.1 Å². The minimum absolute atomic E-state index is 0.180. The Kier molecular flexibility index (Phi) is 9.31. The highest BCUT2D eigenvalue weighted by molar-refractivity contribution is 14.1. The van der Waals surface area contributed by atoms with Crippen LogP contribution in [0.25, 0.3) is 22.3 Å². The third-order valence-electron chi connectivity index (χ3n) is 6.49. The SMILES string of the molecule is CCOc1cc(C)c(-c2nc3ccccc3c(=O)n2N=Cc2cc(I)c(O[C@H](C)C(=O)O)c(OC)c2)cc1C(C)C. The summed E-state index contributed by atoms with van der Waals surface area (Å²) >= 11 is 2.05. The number of carboxylic acids is 1. The van der Waals surface area contributed by atoms with Gasteiger partial charge in [0.25, 0.3) is 5.56 Å². The Balaban J connectivity index is 1.90. The summed E-state index contributed by atoms with van der Waals surface area (Å²) < 4.78 is 18.9. The first-order valence-electron chi connectivity index (χ1n) is 13.2. The number of fused-ring (bicyclic) bond motifs is 1. The molecule has 0 amide bonds. The number of aryl methyl sites for hydroxylation is 1. The van der Waals surface area contributed by atoms with Crippen molar-refractivity contribution in [1.29, 1.82) is 0 Å². The quantitative estimate of drug-likeness (QED) is 0.157. The lowest BCUT2D eigenvalue weighted by molar-refractivity contribution is -0.144. The number of hydrogen-bond acceptors (Lipinski definition) is 7. The summed E-state index contributed by atoms with van der Waals surface area (Å²) in [5.41, 5.74) is 3.57. The van der Waals surface area contributed by atoms with Gasteiger partial charge in [0.1, 0.15) is 5.75 Å². The maximum absolute atomic E-state index is 13.8. The van der Waals surface area contributed by atoms with Crippen molar-refractivity contribution in [2.75, 3.05) is 13.7 Å². The van der Waals surface area contributed by atoms with Gasteiger partial charge >= 0.3 is 5.97 Å². The van der Waals surface area contributed by atoms with Crippen LogP contribution in [0.4, 0.5) is 0 Å². The number of rotatable bonds is 10. The maximum atomic E-state index is 13.8. The molecule has 1 aromatic heterocycles. The van der Waals surface area contributed by atoms with Crippen molar-refractivity contribution in [3.63, 3.8) is 0 Å². The van der Waals surface area contributed by atoms with E-state index in [9.17, 15) is 14.7 Å². The van der Waals surface area contributed by atoms with Crippen molar-refractivity contribution in [1.82, 2.24) is 9.66 Å². The minimum atomic E-state index is -1.09. The van der Waals surface area contributed by atoms with E-state index in [1.807, 2.05) is 38.1 Å². The third kappa shape index (κ3) is 6.37. The number of methoxy groups -OCH3 is 1. The third-order valence-corrected chi connectivity index (χ3v) is 7.29. The van der Waals surface area contributed by atoms with Gasteiger partial charge in [-0.2, -0.15) is 9.78 Å². The number of ether oxygens (including phenoxy) is 3. The zero-order chi connectivity index (χ0) is 29.8. The number of hydrogen-bond donors (Lipinski definition) is 1. The summed E-state index contributed by atoms with van der Waals surface area (Å²) in [6, 6.07) is 14.6. The lowest BCUT2D eigenvalue weighted by Crippen LogP contribution is -2.23. The van der Waals surface area contributed by atoms with Gasteiger partial charge in [-0.15, -0.1) is 0 Å². The fraction of sp³-hybridized carbons (Fsp3) is 0.290. The van der Waals surface area contributed by atoms with E-state index in [1.54, 1.807) is 30.5 Å². The Bertz CT molecular complexity index is 1700. The second-order valence-electron chi connectivity index (χ2n) is 9.74. The molecule has 0 saturated carbocycles. The smallest absolute Gasteiger partial charge is 0.344 e. The molecular weight excluding hydrogens is 637 g/mol. The van der Waals surface area contributed by atoms with Crippen LogP contribution < -0.4 is 19.8 Å². The van der Waals surface area contributed by atoms with Crippen LogP contribution in [0.15, 0.2) is 58.4 Å². The number of aromatic nitrogens is 2. The van der Waals surface area contributed by atoms with E-state index in [2.05, 4.69) is 41.5 Å². The van der Waals surface area contributed by atoms with Crippen molar-refractivity contribution in [2.24, 2.45) is 5.10 Å². The number of nitrogens with zero attached hydrogens (tertiary/aromatic N) is 3. The number of para-hydroxylation sites is 1. The molecular formula is C31H32IN3O6. The van der Waals surface area contributed by atoms with Crippen molar-refractivity contribution >= 4 is 45.7 Å². The molecule has 10 heteroatoms. The molecule has 214 valence electrons. The Morgan fingerprint density at radius 1 is 1.15 bits per heavy atom. The first-order chi connectivity index (χ1) is 19.5. The van der Waals surface area contributed by atoms with Gasteiger partial charge in [0.2, 0.25) is 0 Å². The molecule has 1 atom stereocenters. The van der Waals surface area contributed by atoms with Crippen LogP contribution >= 0.6 is 22.6 Å². The molecule has 0 aliphatic heterocycles. The molecule has 0 unspecified atom stereocenters. The number of carbonyl (C=O) groups is 1. The van der Waals surface area contributed by atoms with Gasteiger partial charge in [0.15, 0.2) is 23.4 Å². The van der Waals surface area contributed by atoms with Gasteiger partial charge in [-0.05, 0) is 102 Å². The van der Waals surface area contributed by atoms with E-state index in [0.717, 1.165) is 22.4 Å². The molecule has 0 saturated heterocycles. The molecule has 4 aromatic rings. The second kappa shape index (κ2) is 12.7. The lowest BCUT2D eigenvalue weighted by Gasteiger charge is -2.18. The molecule has 0 aliphatic rings. The number of halogens is 1. The van der Waals surface area contributed by atoms with Gasteiger partial charge in [-0.25, -0.2) is 9.78 Å². The highest BCUT2D eigenvalue weighted by atomic mass is 127. The van der Waals surface area contributed by atoms with E-state index in [1.165, 1.54) is 18.7 Å². The molecule has 0 spiro atoms. The molecule has 0 aliphatic carbocycles. The van der Waals surface area contributed by atoms with Crippen LogP contribution in [0.2, 0.25) is 0 Å². The molecule has 9 nitrogen and oxygen atoms in total. The summed E-state index contributed by atoms with van der Waals surface area (Å²) in [6.07, 6.45) is 0.485. The van der Waals surface area contributed by atoms with Crippen molar-refractivity contribution in [3.8, 4) is 28.6 Å². The maximum Gasteiger partial charge on any atom is 0.344 e. The molecule has 3 aromatic carbocycles. The minimum Gasteiger partial charge on any atom is -0.494 e. The second-order valence-corrected chi connectivity index (χ2v) is 10.9. The lowest BCUT2D eigenvalue weighted by atomic mass is 9.96.